The highest BCUT2D eigenvalue weighted by Gasteiger charge is 2.11. The van der Waals surface area contributed by atoms with Gasteiger partial charge in [-0.3, -0.25) is 4.99 Å². The Bertz CT molecular complexity index is 278. The molecule has 1 rings (SSSR count). The number of hydrogen-bond acceptors (Lipinski definition) is 5. The van der Waals surface area contributed by atoms with Crippen molar-refractivity contribution in [1.29, 1.82) is 0 Å². The van der Waals surface area contributed by atoms with Crippen LogP contribution in [0.1, 0.15) is 13.3 Å². The molecule has 1 aliphatic heterocycles. The maximum absolute atomic E-state index is 5.39. The molecule has 5 heteroatoms. The van der Waals surface area contributed by atoms with Crippen LogP contribution in [0.2, 0.25) is 0 Å². The zero-order valence-electron chi connectivity index (χ0n) is 9.85. The third kappa shape index (κ3) is 4.12. The van der Waals surface area contributed by atoms with Gasteiger partial charge in [0.1, 0.15) is 5.82 Å². The van der Waals surface area contributed by atoms with Gasteiger partial charge in [-0.15, -0.1) is 0 Å². The van der Waals surface area contributed by atoms with Crippen LogP contribution in [0, 0.1) is 0 Å². The van der Waals surface area contributed by atoms with E-state index in [-0.39, 0.29) is 0 Å². The molecule has 1 aliphatic rings. The van der Waals surface area contributed by atoms with E-state index in [0.717, 1.165) is 44.3 Å². The number of allylic oxidation sites excluding steroid dienone is 1. The van der Waals surface area contributed by atoms with E-state index in [0.29, 0.717) is 6.67 Å². The van der Waals surface area contributed by atoms with Crippen LogP contribution in [0.15, 0.2) is 21.9 Å². The van der Waals surface area contributed by atoms with Crippen LogP contribution in [0.3, 0.4) is 0 Å². The van der Waals surface area contributed by atoms with Crippen LogP contribution in [0.5, 0.6) is 0 Å². The molecular formula is C11H20N4O. The molecule has 0 unspecified atom stereocenters. The smallest absolute Gasteiger partial charge is 0.129 e. The molecule has 0 aromatic rings. The quantitative estimate of drug-likeness (QED) is 0.712. The Morgan fingerprint density at radius 1 is 1.50 bits per heavy atom. The molecule has 90 valence electrons. The normalized spacial score (nSPS) is 19.5. The Kier molecular flexibility index (Phi) is 5.74. The maximum Gasteiger partial charge on any atom is 0.129 e. The fraction of sp³-hybridized carbons (Fsp3) is 0.636. The second-order valence-electron chi connectivity index (χ2n) is 3.60. The highest BCUT2D eigenvalue weighted by Crippen LogP contribution is 2.09. The molecular weight excluding hydrogens is 204 g/mol. The first kappa shape index (κ1) is 12.9. The van der Waals surface area contributed by atoms with E-state index in [2.05, 4.69) is 21.6 Å². The maximum atomic E-state index is 5.39. The van der Waals surface area contributed by atoms with E-state index in [1.165, 1.54) is 0 Å². The van der Waals surface area contributed by atoms with Gasteiger partial charge in [-0.25, -0.2) is 4.99 Å². The van der Waals surface area contributed by atoms with Crippen molar-refractivity contribution >= 4 is 12.4 Å². The van der Waals surface area contributed by atoms with Crippen LogP contribution < -0.4 is 5.73 Å². The molecule has 0 aromatic heterocycles. The van der Waals surface area contributed by atoms with Crippen LogP contribution in [0.25, 0.3) is 0 Å². The lowest BCUT2D eigenvalue weighted by molar-refractivity contribution is 0.145. The summed E-state index contributed by atoms with van der Waals surface area (Å²) in [5.41, 5.74) is 6.22. The molecule has 16 heavy (non-hydrogen) atoms. The fourth-order valence-electron chi connectivity index (χ4n) is 1.59. The van der Waals surface area contributed by atoms with Crippen LogP contribution in [0.4, 0.5) is 0 Å². The van der Waals surface area contributed by atoms with Crippen molar-refractivity contribution in [2.24, 2.45) is 15.7 Å². The molecule has 0 bridgehead atoms. The lowest BCUT2D eigenvalue weighted by atomic mass is 10.3. The summed E-state index contributed by atoms with van der Waals surface area (Å²) in [6.07, 6.45) is 2.92. The Balaban J connectivity index is 2.71. The van der Waals surface area contributed by atoms with Crippen molar-refractivity contribution in [3.8, 4) is 0 Å². The molecule has 0 amide bonds. The lowest BCUT2D eigenvalue weighted by Crippen LogP contribution is -2.25. The third-order valence-electron chi connectivity index (χ3n) is 2.39. The van der Waals surface area contributed by atoms with Gasteiger partial charge in [0.05, 0.1) is 13.3 Å². The molecule has 0 spiro atoms. The van der Waals surface area contributed by atoms with Gasteiger partial charge >= 0.3 is 0 Å². The SMILES string of the molecule is C=N/C(=C\C(C)=N/CN)N1CCCOCC1. The Morgan fingerprint density at radius 3 is 3.00 bits per heavy atom. The molecule has 0 saturated carbocycles. The Labute approximate surface area is 96.7 Å². The largest absolute Gasteiger partial charge is 0.380 e. The summed E-state index contributed by atoms with van der Waals surface area (Å²) in [4.78, 5) is 10.3. The van der Waals surface area contributed by atoms with Gasteiger partial charge in [-0.1, -0.05) is 0 Å². The lowest BCUT2D eigenvalue weighted by Gasteiger charge is -2.21. The predicted octanol–water partition coefficient (Wildman–Crippen LogP) is 0.628. The molecule has 5 nitrogen and oxygen atoms in total. The zero-order valence-corrected chi connectivity index (χ0v) is 9.85. The monoisotopic (exact) mass is 224 g/mol. The van der Waals surface area contributed by atoms with Gasteiger partial charge in [0.15, 0.2) is 0 Å². The van der Waals surface area contributed by atoms with Crippen LogP contribution in [-0.2, 0) is 4.74 Å². The molecule has 1 heterocycles. The number of nitrogens with two attached hydrogens (primary N) is 1. The third-order valence-corrected chi connectivity index (χ3v) is 2.39. The first-order valence-corrected chi connectivity index (χ1v) is 5.50. The van der Waals surface area contributed by atoms with Gasteiger partial charge < -0.3 is 15.4 Å². The minimum atomic E-state index is 0.301. The number of aliphatic imine (C=N–C) groups is 2. The van der Waals surface area contributed by atoms with E-state index in [1.54, 1.807) is 0 Å². The Hall–Kier alpha value is -1.20. The highest BCUT2D eigenvalue weighted by molar-refractivity contribution is 5.93. The average Bonchev–Trinajstić information content (AvgIpc) is 2.55. The molecule has 2 N–H and O–H groups in total. The zero-order chi connectivity index (χ0) is 11.8. The van der Waals surface area contributed by atoms with Crippen molar-refractivity contribution in [2.75, 3.05) is 33.0 Å². The first-order valence-electron chi connectivity index (χ1n) is 5.50. The fourth-order valence-corrected chi connectivity index (χ4v) is 1.59. The van der Waals surface area contributed by atoms with Gasteiger partial charge in [-0.2, -0.15) is 0 Å². The van der Waals surface area contributed by atoms with Gasteiger partial charge in [-0.05, 0) is 20.1 Å². The standard InChI is InChI=1S/C11H20N4O/c1-10(14-9-12)8-11(13-2)15-4-3-6-16-7-5-15/h8H,2-7,9,12H2,1H3/b11-8+,14-10-. The second kappa shape index (κ2) is 7.14. The summed E-state index contributed by atoms with van der Waals surface area (Å²) in [6.45, 7) is 9.15. The molecule has 0 atom stereocenters. The van der Waals surface area contributed by atoms with E-state index < -0.39 is 0 Å². The van der Waals surface area contributed by atoms with Gasteiger partial charge in [0.2, 0.25) is 0 Å². The molecule has 0 aliphatic carbocycles. The predicted molar refractivity (Wildman–Crippen MR) is 66.8 cm³/mol. The number of ether oxygens (including phenoxy) is 1. The van der Waals surface area contributed by atoms with Crippen molar-refractivity contribution in [2.45, 2.75) is 13.3 Å². The second-order valence-corrected chi connectivity index (χ2v) is 3.60. The van der Waals surface area contributed by atoms with Crippen LogP contribution >= 0.6 is 0 Å². The highest BCUT2D eigenvalue weighted by atomic mass is 16.5. The molecule has 1 saturated heterocycles. The summed E-state index contributed by atoms with van der Waals surface area (Å²) >= 11 is 0. The summed E-state index contributed by atoms with van der Waals surface area (Å²) in [7, 11) is 0. The summed E-state index contributed by atoms with van der Waals surface area (Å²) in [5, 5.41) is 0. The minimum absolute atomic E-state index is 0.301. The van der Waals surface area contributed by atoms with Crippen molar-refractivity contribution in [3.63, 3.8) is 0 Å². The van der Waals surface area contributed by atoms with Crippen molar-refractivity contribution in [3.05, 3.63) is 11.9 Å². The van der Waals surface area contributed by atoms with Crippen molar-refractivity contribution < 1.29 is 4.74 Å². The summed E-state index contributed by atoms with van der Waals surface area (Å²) in [5.74, 6) is 0.847. The number of rotatable bonds is 4. The Morgan fingerprint density at radius 2 is 2.31 bits per heavy atom. The van der Waals surface area contributed by atoms with Gasteiger partial charge in [0.25, 0.3) is 0 Å². The van der Waals surface area contributed by atoms with Gasteiger partial charge in [0, 0.05) is 31.5 Å². The van der Waals surface area contributed by atoms with Crippen LogP contribution in [-0.4, -0.2) is 50.3 Å². The van der Waals surface area contributed by atoms with E-state index in [4.69, 9.17) is 10.5 Å². The van der Waals surface area contributed by atoms with E-state index in [9.17, 15) is 0 Å². The van der Waals surface area contributed by atoms with E-state index >= 15 is 0 Å². The minimum Gasteiger partial charge on any atom is -0.380 e. The first-order chi connectivity index (χ1) is 7.77. The summed E-state index contributed by atoms with van der Waals surface area (Å²) in [6, 6.07) is 0. The average molecular weight is 224 g/mol. The number of hydrogen-bond donors (Lipinski definition) is 1. The number of nitrogens with zero attached hydrogens (tertiary/aromatic N) is 3. The summed E-state index contributed by atoms with van der Waals surface area (Å²) < 4.78 is 5.39. The molecule has 0 radical (unpaired) electrons. The van der Waals surface area contributed by atoms with Crippen molar-refractivity contribution in [1.82, 2.24) is 4.90 Å². The molecule has 1 fully saturated rings. The van der Waals surface area contributed by atoms with E-state index in [1.807, 2.05) is 13.0 Å². The molecule has 0 aromatic carbocycles. The topological polar surface area (TPSA) is 63.2 Å².